The van der Waals surface area contributed by atoms with Crippen LogP contribution >= 0.6 is 48.8 Å². The van der Waals surface area contributed by atoms with Crippen molar-refractivity contribution in [2.24, 2.45) is 23.7 Å². The molecule has 0 radical (unpaired) electrons. The Balaban J connectivity index is 0.00000264. The minimum absolute atomic E-state index is 0. The van der Waals surface area contributed by atoms with E-state index in [0.717, 1.165) is 36.8 Å². The first kappa shape index (κ1) is 22.1. The monoisotopic (exact) mass is 516 g/mol. The summed E-state index contributed by atoms with van der Waals surface area (Å²) in [6, 6.07) is 0. The lowest BCUT2D eigenvalue weighted by Gasteiger charge is -2.37. The fourth-order valence-electron chi connectivity index (χ4n) is 4.01. The number of hydrogen-bond acceptors (Lipinski definition) is 3. The summed E-state index contributed by atoms with van der Waals surface area (Å²) < 4.78 is 0. The maximum Gasteiger partial charge on any atom is 0.141 e. The summed E-state index contributed by atoms with van der Waals surface area (Å²) in [5, 5.41) is 1.66. The van der Waals surface area contributed by atoms with E-state index < -0.39 is 0 Å². The molecule has 2 aliphatic heterocycles. The van der Waals surface area contributed by atoms with Gasteiger partial charge in [0.2, 0.25) is 0 Å². The molecule has 136 valence electrons. The second-order valence-electron chi connectivity index (χ2n) is 7.21. The lowest BCUT2D eigenvalue weighted by atomic mass is 9.74. The van der Waals surface area contributed by atoms with Crippen LogP contribution in [-0.2, 0) is 4.79 Å². The lowest BCUT2D eigenvalue weighted by molar-refractivity contribution is -0.129. The Labute approximate surface area is 168 Å². The van der Waals surface area contributed by atoms with Gasteiger partial charge in [-0.3, -0.25) is 4.79 Å². The van der Waals surface area contributed by atoms with Gasteiger partial charge in [0.25, 0.3) is 0 Å². The first-order valence-corrected chi connectivity index (χ1v) is 10.8. The average Bonchev–Trinajstić information content (AvgIpc) is 2.52. The molecule has 2 unspecified atom stereocenters. The van der Waals surface area contributed by atoms with Gasteiger partial charge < -0.3 is 9.80 Å². The van der Waals surface area contributed by atoms with E-state index in [1.165, 1.54) is 25.7 Å². The fourth-order valence-corrected chi connectivity index (χ4v) is 5.70. The number of rotatable bonds is 6. The number of halogens is 3. The Hall–Kier alpha value is 1.03. The Morgan fingerprint density at radius 1 is 0.870 bits per heavy atom. The molecule has 0 aromatic heterocycles. The molecule has 0 aliphatic carbocycles. The van der Waals surface area contributed by atoms with Crippen molar-refractivity contribution in [2.45, 2.75) is 25.7 Å². The van der Waals surface area contributed by atoms with Crippen molar-refractivity contribution in [2.75, 3.05) is 50.9 Å². The lowest BCUT2D eigenvalue weighted by Crippen LogP contribution is -2.42. The predicted molar refractivity (Wildman–Crippen MR) is 110 cm³/mol. The molecule has 0 spiro atoms. The van der Waals surface area contributed by atoms with E-state index in [1.807, 2.05) is 0 Å². The third-order valence-corrected chi connectivity index (χ3v) is 7.12. The van der Waals surface area contributed by atoms with E-state index in [1.54, 1.807) is 0 Å². The fraction of sp³-hybridized carbons (Fsp3) is 0.941. The van der Waals surface area contributed by atoms with Crippen LogP contribution < -0.4 is 0 Å². The maximum absolute atomic E-state index is 13.2. The van der Waals surface area contributed by atoms with Crippen molar-refractivity contribution >= 4 is 54.6 Å². The molecular formula is C17H31Br3N2O. The van der Waals surface area contributed by atoms with Gasteiger partial charge in [0.15, 0.2) is 0 Å². The number of carbonyl (C=O) groups is 1. The highest BCUT2D eigenvalue weighted by atomic mass is 79.9. The summed E-state index contributed by atoms with van der Waals surface area (Å²) in [4.78, 5) is 17.9. The largest absolute Gasteiger partial charge is 0.306 e. The van der Waals surface area contributed by atoms with Crippen molar-refractivity contribution in [3.63, 3.8) is 0 Å². The molecule has 0 aromatic rings. The number of alkyl halides is 2. The number of carbonyl (C=O) groups excluding carboxylic acids is 1. The summed E-state index contributed by atoms with van der Waals surface area (Å²) in [6.07, 6.45) is 4.67. The van der Waals surface area contributed by atoms with E-state index in [2.05, 4.69) is 55.8 Å². The van der Waals surface area contributed by atoms with Gasteiger partial charge in [-0.1, -0.05) is 31.9 Å². The van der Waals surface area contributed by atoms with Crippen LogP contribution in [0, 0.1) is 23.7 Å². The first-order chi connectivity index (χ1) is 10.6. The third kappa shape index (κ3) is 6.05. The predicted octanol–water partition coefficient (Wildman–Crippen LogP) is 3.84. The van der Waals surface area contributed by atoms with E-state index in [9.17, 15) is 4.79 Å². The Kier molecular flexibility index (Phi) is 10.5. The maximum atomic E-state index is 13.2. The van der Waals surface area contributed by atoms with Crippen molar-refractivity contribution < 1.29 is 4.79 Å². The number of hydrogen-bond donors (Lipinski definition) is 0. The van der Waals surface area contributed by atoms with Gasteiger partial charge in [0.05, 0.1) is 0 Å². The minimum atomic E-state index is 0. The molecule has 0 bridgehead atoms. The van der Waals surface area contributed by atoms with Crippen molar-refractivity contribution in [1.82, 2.24) is 9.80 Å². The van der Waals surface area contributed by atoms with Gasteiger partial charge in [-0.25, -0.2) is 0 Å². The van der Waals surface area contributed by atoms with Gasteiger partial charge in [-0.15, -0.1) is 17.0 Å². The SMILES string of the molecule is Br.CN1CCC(C(CBr)C(=O)C(CBr)C2CCN(C)CC2)CC1. The summed E-state index contributed by atoms with van der Waals surface area (Å²) in [7, 11) is 4.36. The molecule has 2 saturated heterocycles. The Morgan fingerprint density at radius 2 is 1.17 bits per heavy atom. The first-order valence-electron chi connectivity index (χ1n) is 8.59. The van der Waals surface area contributed by atoms with Gasteiger partial charge in [0.1, 0.15) is 5.78 Å². The van der Waals surface area contributed by atoms with Crippen LogP contribution in [0.25, 0.3) is 0 Å². The van der Waals surface area contributed by atoms with Gasteiger partial charge in [0, 0.05) is 22.5 Å². The van der Waals surface area contributed by atoms with Crippen molar-refractivity contribution in [3.8, 4) is 0 Å². The van der Waals surface area contributed by atoms with E-state index in [0.29, 0.717) is 17.6 Å². The third-order valence-electron chi connectivity index (χ3n) is 5.73. The van der Waals surface area contributed by atoms with Crippen LogP contribution in [0.2, 0.25) is 0 Å². The van der Waals surface area contributed by atoms with Crippen LogP contribution in [0.1, 0.15) is 25.7 Å². The quantitative estimate of drug-likeness (QED) is 0.499. The molecule has 6 heteroatoms. The highest BCUT2D eigenvalue weighted by Gasteiger charge is 2.37. The molecule has 2 fully saturated rings. The summed E-state index contributed by atoms with van der Waals surface area (Å²) in [6.45, 7) is 4.53. The van der Waals surface area contributed by atoms with Crippen LogP contribution in [0.4, 0.5) is 0 Å². The second-order valence-corrected chi connectivity index (χ2v) is 8.50. The van der Waals surface area contributed by atoms with Gasteiger partial charge in [-0.2, -0.15) is 0 Å². The molecule has 2 atom stereocenters. The normalized spacial score (nSPS) is 24.9. The van der Waals surface area contributed by atoms with Crippen LogP contribution in [0.5, 0.6) is 0 Å². The topological polar surface area (TPSA) is 23.6 Å². The molecule has 2 aliphatic rings. The molecule has 0 amide bonds. The number of piperidine rings is 2. The zero-order valence-corrected chi connectivity index (χ0v) is 19.2. The summed E-state index contributed by atoms with van der Waals surface area (Å²) in [5.41, 5.74) is 0. The van der Waals surface area contributed by atoms with Crippen LogP contribution in [0.3, 0.4) is 0 Å². The Morgan fingerprint density at radius 3 is 1.43 bits per heavy atom. The number of nitrogens with zero attached hydrogens (tertiary/aromatic N) is 2. The van der Waals surface area contributed by atoms with Crippen molar-refractivity contribution in [3.05, 3.63) is 0 Å². The highest BCUT2D eigenvalue weighted by Crippen LogP contribution is 2.34. The molecule has 2 rings (SSSR count). The smallest absolute Gasteiger partial charge is 0.141 e. The standard InChI is InChI=1S/C17H30Br2N2O.BrH/c1-20-7-3-13(4-8-20)15(11-18)17(22)16(12-19)14-5-9-21(2)10-6-14;/h13-16H,3-12H2,1-2H3;1H. The molecule has 0 saturated carbocycles. The molecule has 0 N–H and O–H groups in total. The summed E-state index contributed by atoms with van der Waals surface area (Å²) in [5.74, 6) is 2.05. The zero-order chi connectivity index (χ0) is 16.1. The second kappa shape index (κ2) is 10.9. The average molecular weight is 519 g/mol. The summed E-state index contributed by atoms with van der Waals surface area (Å²) >= 11 is 7.28. The molecular weight excluding hydrogens is 488 g/mol. The van der Waals surface area contributed by atoms with Crippen molar-refractivity contribution in [1.29, 1.82) is 0 Å². The zero-order valence-electron chi connectivity index (χ0n) is 14.3. The molecule has 0 aromatic carbocycles. The van der Waals surface area contributed by atoms with Crippen LogP contribution in [-0.4, -0.2) is 66.5 Å². The number of likely N-dealkylation sites (tertiary alicyclic amines) is 2. The minimum Gasteiger partial charge on any atom is -0.306 e. The number of Topliss-reactive ketones (excluding diaryl/α,β-unsaturated/α-hetero) is 1. The molecule has 23 heavy (non-hydrogen) atoms. The van der Waals surface area contributed by atoms with Crippen LogP contribution in [0.15, 0.2) is 0 Å². The molecule has 3 nitrogen and oxygen atoms in total. The Bertz CT molecular complexity index is 322. The number of ketones is 1. The highest BCUT2D eigenvalue weighted by molar-refractivity contribution is 9.09. The van der Waals surface area contributed by atoms with E-state index in [4.69, 9.17) is 0 Å². The van der Waals surface area contributed by atoms with E-state index >= 15 is 0 Å². The van der Waals surface area contributed by atoms with E-state index in [-0.39, 0.29) is 28.8 Å². The molecule has 2 heterocycles. The van der Waals surface area contributed by atoms with Gasteiger partial charge in [-0.05, 0) is 77.8 Å². The van der Waals surface area contributed by atoms with Gasteiger partial charge >= 0.3 is 0 Å².